The predicted molar refractivity (Wildman–Crippen MR) is 90.9 cm³/mol. The molecular formula is C18H30N2O2. The number of rotatable bonds is 11. The number of hydrogen-bond donors (Lipinski definition) is 3. The third-order valence-electron chi connectivity index (χ3n) is 3.66. The number of aryl methyl sites for hydroxylation is 1. The van der Waals surface area contributed by atoms with E-state index in [2.05, 4.69) is 29.7 Å². The van der Waals surface area contributed by atoms with Crippen LogP contribution in [0.2, 0.25) is 0 Å². The molecule has 1 atom stereocenters. The average Bonchev–Trinajstić information content (AvgIpc) is 2.54. The van der Waals surface area contributed by atoms with Crippen molar-refractivity contribution in [3.63, 3.8) is 0 Å². The fourth-order valence-corrected chi connectivity index (χ4v) is 2.32. The molecule has 0 saturated carbocycles. The van der Waals surface area contributed by atoms with Crippen molar-refractivity contribution in [2.24, 2.45) is 0 Å². The second kappa shape index (κ2) is 12.0. The maximum Gasteiger partial charge on any atom is 0.314 e. The van der Waals surface area contributed by atoms with E-state index in [0.717, 1.165) is 25.7 Å². The van der Waals surface area contributed by atoms with Crippen molar-refractivity contribution in [3.8, 4) is 0 Å². The molecular weight excluding hydrogens is 276 g/mol. The van der Waals surface area contributed by atoms with Crippen molar-refractivity contribution in [2.45, 2.75) is 58.0 Å². The largest absolute Gasteiger partial charge is 0.391 e. The number of aliphatic hydroxyl groups excluding tert-OH is 1. The lowest BCUT2D eigenvalue weighted by molar-refractivity contribution is 0.159. The summed E-state index contributed by atoms with van der Waals surface area (Å²) in [5.41, 5.74) is 1.28. The summed E-state index contributed by atoms with van der Waals surface area (Å²) in [5, 5.41) is 15.4. The summed E-state index contributed by atoms with van der Waals surface area (Å²) in [7, 11) is 0. The molecule has 0 aliphatic rings. The molecule has 4 nitrogen and oxygen atoms in total. The van der Waals surface area contributed by atoms with Crippen LogP contribution in [0.5, 0.6) is 0 Å². The molecule has 0 fully saturated rings. The Kier molecular flexibility index (Phi) is 10.1. The van der Waals surface area contributed by atoms with Crippen LogP contribution in [0.25, 0.3) is 0 Å². The lowest BCUT2D eigenvalue weighted by Crippen LogP contribution is -2.40. The fraction of sp³-hybridized carbons (Fsp3) is 0.611. The summed E-state index contributed by atoms with van der Waals surface area (Å²) in [6.45, 7) is 3.19. The average molecular weight is 306 g/mol. The van der Waals surface area contributed by atoms with Crippen LogP contribution in [0.4, 0.5) is 4.79 Å². The Morgan fingerprint density at radius 3 is 2.59 bits per heavy atom. The number of aliphatic hydroxyl groups is 1. The van der Waals surface area contributed by atoms with Gasteiger partial charge in [-0.25, -0.2) is 4.79 Å². The molecule has 0 radical (unpaired) electrons. The highest BCUT2D eigenvalue weighted by atomic mass is 16.3. The molecule has 22 heavy (non-hydrogen) atoms. The van der Waals surface area contributed by atoms with Crippen LogP contribution in [0.3, 0.4) is 0 Å². The summed E-state index contributed by atoms with van der Waals surface area (Å²) in [5.74, 6) is 0. The van der Waals surface area contributed by atoms with Crippen LogP contribution in [-0.4, -0.2) is 30.3 Å². The minimum Gasteiger partial charge on any atom is -0.391 e. The van der Waals surface area contributed by atoms with Gasteiger partial charge in [0.1, 0.15) is 0 Å². The second-order valence-corrected chi connectivity index (χ2v) is 5.73. The maximum absolute atomic E-state index is 11.5. The Hall–Kier alpha value is -1.55. The number of unbranched alkanes of at least 4 members (excludes halogenated alkanes) is 3. The first-order valence-electron chi connectivity index (χ1n) is 8.46. The normalized spacial score (nSPS) is 11.9. The molecule has 0 aliphatic carbocycles. The van der Waals surface area contributed by atoms with Crippen LogP contribution >= 0.6 is 0 Å². The maximum atomic E-state index is 11.5. The highest BCUT2D eigenvalue weighted by Crippen LogP contribution is 2.06. The van der Waals surface area contributed by atoms with Gasteiger partial charge in [0.25, 0.3) is 0 Å². The van der Waals surface area contributed by atoms with Crippen molar-refractivity contribution in [1.82, 2.24) is 10.6 Å². The van der Waals surface area contributed by atoms with E-state index in [-0.39, 0.29) is 6.03 Å². The Morgan fingerprint density at radius 2 is 1.86 bits per heavy atom. The molecule has 1 aromatic carbocycles. The van der Waals surface area contributed by atoms with Crippen molar-refractivity contribution in [3.05, 3.63) is 35.9 Å². The first kappa shape index (κ1) is 18.5. The zero-order chi connectivity index (χ0) is 16.0. The third-order valence-corrected chi connectivity index (χ3v) is 3.66. The number of nitrogens with one attached hydrogen (secondary N) is 2. The van der Waals surface area contributed by atoms with E-state index in [4.69, 9.17) is 0 Å². The van der Waals surface area contributed by atoms with Gasteiger partial charge in [-0.15, -0.1) is 0 Å². The topological polar surface area (TPSA) is 61.4 Å². The smallest absolute Gasteiger partial charge is 0.314 e. The minimum atomic E-state index is -0.477. The SMILES string of the molecule is CCCCCCNC(=O)NCC(O)CCCc1ccccc1. The van der Waals surface area contributed by atoms with Gasteiger partial charge in [0.2, 0.25) is 0 Å². The molecule has 4 heteroatoms. The lowest BCUT2D eigenvalue weighted by Gasteiger charge is -2.12. The molecule has 3 N–H and O–H groups in total. The van der Waals surface area contributed by atoms with Crippen LogP contribution < -0.4 is 10.6 Å². The van der Waals surface area contributed by atoms with Gasteiger partial charge >= 0.3 is 6.03 Å². The van der Waals surface area contributed by atoms with Gasteiger partial charge in [-0.1, -0.05) is 56.5 Å². The Labute approximate surface area is 134 Å². The first-order chi connectivity index (χ1) is 10.7. The zero-order valence-corrected chi connectivity index (χ0v) is 13.7. The number of benzene rings is 1. The van der Waals surface area contributed by atoms with Crippen molar-refractivity contribution in [1.29, 1.82) is 0 Å². The minimum absolute atomic E-state index is 0.182. The van der Waals surface area contributed by atoms with E-state index in [1.165, 1.54) is 18.4 Å². The van der Waals surface area contributed by atoms with Crippen LogP contribution in [0.1, 0.15) is 51.0 Å². The highest BCUT2D eigenvalue weighted by molar-refractivity contribution is 5.73. The summed E-state index contributed by atoms with van der Waals surface area (Å²) < 4.78 is 0. The van der Waals surface area contributed by atoms with Crippen LogP contribution in [0, 0.1) is 0 Å². The molecule has 0 aliphatic heterocycles. The van der Waals surface area contributed by atoms with Crippen LogP contribution in [0.15, 0.2) is 30.3 Å². The molecule has 1 aromatic rings. The monoisotopic (exact) mass is 306 g/mol. The van der Waals surface area contributed by atoms with E-state index in [1.807, 2.05) is 18.2 Å². The van der Waals surface area contributed by atoms with Crippen LogP contribution in [-0.2, 0) is 6.42 Å². The highest BCUT2D eigenvalue weighted by Gasteiger charge is 2.06. The summed E-state index contributed by atoms with van der Waals surface area (Å²) >= 11 is 0. The van der Waals surface area contributed by atoms with Crippen molar-refractivity contribution in [2.75, 3.05) is 13.1 Å². The number of carbonyl (C=O) groups is 1. The van der Waals surface area contributed by atoms with E-state index < -0.39 is 6.10 Å². The Balaban J connectivity index is 2.00. The van der Waals surface area contributed by atoms with Gasteiger partial charge in [-0.05, 0) is 31.2 Å². The molecule has 0 heterocycles. The van der Waals surface area contributed by atoms with E-state index in [9.17, 15) is 9.90 Å². The lowest BCUT2D eigenvalue weighted by atomic mass is 10.1. The molecule has 0 spiro atoms. The molecule has 1 rings (SSSR count). The van der Waals surface area contributed by atoms with Gasteiger partial charge in [-0.2, -0.15) is 0 Å². The predicted octanol–water partition coefficient (Wildman–Crippen LogP) is 3.25. The van der Waals surface area contributed by atoms with E-state index in [1.54, 1.807) is 0 Å². The zero-order valence-electron chi connectivity index (χ0n) is 13.7. The summed E-state index contributed by atoms with van der Waals surface area (Å²) in [6.07, 6.45) is 6.68. The molecule has 124 valence electrons. The molecule has 0 aromatic heterocycles. The number of carbonyl (C=O) groups excluding carboxylic acids is 1. The van der Waals surface area contributed by atoms with E-state index >= 15 is 0 Å². The molecule has 0 saturated heterocycles. The Bertz CT molecular complexity index is 395. The standard InChI is InChI=1S/C18H30N2O2/c1-2-3-4-8-14-19-18(22)20-15-17(21)13-9-12-16-10-6-5-7-11-16/h5-7,10-11,17,21H,2-4,8-9,12-15H2,1H3,(H2,19,20,22). The van der Waals surface area contributed by atoms with Gasteiger partial charge in [0, 0.05) is 13.1 Å². The molecule has 1 unspecified atom stereocenters. The van der Waals surface area contributed by atoms with Crippen molar-refractivity contribution >= 4 is 6.03 Å². The number of urea groups is 1. The fourth-order valence-electron chi connectivity index (χ4n) is 2.32. The second-order valence-electron chi connectivity index (χ2n) is 5.73. The van der Waals surface area contributed by atoms with Gasteiger partial charge in [-0.3, -0.25) is 0 Å². The summed E-state index contributed by atoms with van der Waals surface area (Å²) in [6, 6.07) is 10.1. The number of amides is 2. The number of hydrogen-bond acceptors (Lipinski definition) is 2. The van der Waals surface area contributed by atoms with Gasteiger partial charge in [0.05, 0.1) is 6.10 Å². The van der Waals surface area contributed by atoms with E-state index in [0.29, 0.717) is 19.5 Å². The Morgan fingerprint density at radius 1 is 1.09 bits per heavy atom. The van der Waals surface area contributed by atoms with Gasteiger partial charge < -0.3 is 15.7 Å². The first-order valence-corrected chi connectivity index (χ1v) is 8.46. The quantitative estimate of drug-likeness (QED) is 0.550. The third kappa shape index (κ3) is 9.40. The molecule has 2 amide bonds. The van der Waals surface area contributed by atoms with Gasteiger partial charge in [0.15, 0.2) is 0 Å². The molecule has 0 bridgehead atoms. The summed E-state index contributed by atoms with van der Waals surface area (Å²) in [4.78, 5) is 11.5. The van der Waals surface area contributed by atoms with Crippen molar-refractivity contribution < 1.29 is 9.90 Å².